The lowest BCUT2D eigenvalue weighted by atomic mass is 10.1. The quantitative estimate of drug-likeness (QED) is 0.601. The highest BCUT2D eigenvalue weighted by molar-refractivity contribution is 5.68. The van der Waals surface area contributed by atoms with E-state index < -0.39 is 0 Å². The monoisotopic (exact) mass is 241 g/mol. The standard InChI is InChI=1S/C16H19NO/c1-5-14(11-13(4)18)17-16(6-2)15-10-8-7-9-12(15)3/h5-11,17-18H,1,4H2,2-3H3/b14-11+,16-6+. The van der Waals surface area contributed by atoms with Gasteiger partial charge in [0.05, 0.1) is 0 Å². The summed E-state index contributed by atoms with van der Waals surface area (Å²) in [6.45, 7) is 11.2. The Morgan fingerprint density at radius 3 is 2.50 bits per heavy atom. The smallest absolute Gasteiger partial charge is 0.110 e. The van der Waals surface area contributed by atoms with Crippen LogP contribution in [0.3, 0.4) is 0 Å². The average molecular weight is 241 g/mol. The molecule has 0 unspecified atom stereocenters. The summed E-state index contributed by atoms with van der Waals surface area (Å²) in [5.74, 6) is -0.00219. The molecule has 1 aromatic rings. The van der Waals surface area contributed by atoms with E-state index in [0.29, 0.717) is 5.70 Å². The number of aryl methyl sites for hydroxylation is 1. The van der Waals surface area contributed by atoms with Crippen LogP contribution >= 0.6 is 0 Å². The van der Waals surface area contributed by atoms with Crippen LogP contribution in [0.1, 0.15) is 18.1 Å². The van der Waals surface area contributed by atoms with Crippen molar-refractivity contribution in [3.8, 4) is 0 Å². The van der Waals surface area contributed by atoms with Gasteiger partial charge in [0.2, 0.25) is 0 Å². The van der Waals surface area contributed by atoms with Crippen molar-refractivity contribution in [3.63, 3.8) is 0 Å². The van der Waals surface area contributed by atoms with Crippen molar-refractivity contribution in [2.75, 3.05) is 0 Å². The first-order valence-corrected chi connectivity index (χ1v) is 5.79. The number of benzene rings is 1. The minimum absolute atomic E-state index is 0.00219. The molecule has 0 saturated heterocycles. The molecule has 0 aromatic heterocycles. The molecule has 0 bridgehead atoms. The van der Waals surface area contributed by atoms with E-state index >= 15 is 0 Å². The Morgan fingerprint density at radius 1 is 1.33 bits per heavy atom. The molecule has 2 N–H and O–H groups in total. The molecule has 0 amide bonds. The predicted molar refractivity (Wildman–Crippen MR) is 78.0 cm³/mol. The van der Waals surface area contributed by atoms with Gasteiger partial charge in [-0.25, -0.2) is 0 Å². The topological polar surface area (TPSA) is 32.3 Å². The second-order valence-corrected chi connectivity index (χ2v) is 3.94. The molecule has 0 aliphatic heterocycles. The van der Waals surface area contributed by atoms with Gasteiger partial charge in [-0.2, -0.15) is 0 Å². The third kappa shape index (κ3) is 3.67. The Labute approximate surface area is 109 Å². The Bertz CT molecular complexity index is 510. The summed E-state index contributed by atoms with van der Waals surface area (Å²) in [6, 6.07) is 8.11. The molecule has 0 radical (unpaired) electrons. The lowest BCUT2D eigenvalue weighted by Crippen LogP contribution is -2.11. The molecule has 0 fully saturated rings. The summed E-state index contributed by atoms with van der Waals surface area (Å²) in [5, 5.41) is 12.4. The molecule has 0 aliphatic carbocycles. The summed E-state index contributed by atoms with van der Waals surface area (Å²) in [6.07, 6.45) is 5.16. The lowest BCUT2D eigenvalue weighted by molar-refractivity contribution is 0.434. The van der Waals surface area contributed by atoms with Crippen LogP contribution in [-0.4, -0.2) is 5.11 Å². The first-order valence-electron chi connectivity index (χ1n) is 5.79. The van der Waals surface area contributed by atoms with Gasteiger partial charge in [0.25, 0.3) is 0 Å². The Balaban J connectivity index is 3.04. The van der Waals surface area contributed by atoms with E-state index in [1.807, 2.05) is 31.2 Å². The van der Waals surface area contributed by atoms with Crippen molar-refractivity contribution in [1.29, 1.82) is 0 Å². The molecule has 0 atom stereocenters. The summed E-state index contributed by atoms with van der Waals surface area (Å²) in [7, 11) is 0. The van der Waals surface area contributed by atoms with E-state index in [4.69, 9.17) is 0 Å². The molecule has 0 saturated carbocycles. The zero-order chi connectivity index (χ0) is 13.5. The summed E-state index contributed by atoms with van der Waals surface area (Å²) in [5.41, 5.74) is 3.99. The van der Waals surface area contributed by atoms with Crippen molar-refractivity contribution in [3.05, 3.63) is 78.2 Å². The van der Waals surface area contributed by atoms with Crippen LogP contribution in [0.25, 0.3) is 5.70 Å². The van der Waals surface area contributed by atoms with Gasteiger partial charge >= 0.3 is 0 Å². The van der Waals surface area contributed by atoms with Gasteiger partial charge in [-0.05, 0) is 25.5 Å². The number of nitrogens with one attached hydrogen (secondary N) is 1. The summed E-state index contributed by atoms with van der Waals surface area (Å²) in [4.78, 5) is 0. The van der Waals surface area contributed by atoms with Gasteiger partial charge in [-0.15, -0.1) is 0 Å². The van der Waals surface area contributed by atoms with Gasteiger partial charge in [0.1, 0.15) is 5.76 Å². The second-order valence-electron chi connectivity index (χ2n) is 3.94. The van der Waals surface area contributed by atoms with Crippen LogP contribution < -0.4 is 5.32 Å². The highest BCUT2D eigenvalue weighted by Gasteiger charge is 2.04. The zero-order valence-electron chi connectivity index (χ0n) is 10.9. The average Bonchev–Trinajstić information content (AvgIpc) is 2.35. The van der Waals surface area contributed by atoms with Gasteiger partial charge < -0.3 is 10.4 Å². The molecule has 1 rings (SSSR count). The largest absolute Gasteiger partial charge is 0.509 e. The third-order valence-electron chi connectivity index (χ3n) is 2.54. The highest BCUT2D eigenvalue weighted by Crippen LogP contribution is 2.17. The summed E-state index contributed by atoms with van der Waals surface area (Å²) < 4.78 is 0. The molecule has 0 heterocycles. The number of rotatable bonds is 5. The highest BCUT2D eigenvalue weighted by atomic mass is 16.3. The minimum atomic E-state index is -0.00219. The fraction of sp³-hybridized carbons (Fsp3) is 0.125. The van der Waals surface area contributed by atoms with Gasteiger partial charge in [0, 0.05) is 23.0 Å². The van der Waals surface area contributed by atoms with Crippen molar-refractivity contribution in [1.82, 2.24) is 5.32 Å². The number of aliphatic hydroxyl groups is 1. The van der Waals surface area contributed by atoms with E-state index in [-0.39, 0.29) is 5.76 Å². The van der Waals surface area contributed by atoms with Crippen molar-refractivity contribution in [2.24, 2.45) is 0 Å². The van der Waals surface area contributed by atoms with Gasteiger partial charge in [-0.3, -0.25) is 0 Å². The van der Waals surface area contributed by atoms with Crippen LogP contribution in [0.15, 0.2) is 67.1 Å². The number of hydrogen-bond donors (Lipinski definition) is 2. The van der Waals surface area contributed by atoms with Gasteiger partial charge in [0.15, 0.2) is 0 Å². The van der Waals surface area contributed by atoms with Crippen molar-refractivity contribution >= 4 is 5.70 Å². The first kappa shape index (κ1) is 13.8. The maximum atomic E-state index is 9.19. The van der Waals surface area contributed by atoms with Crippen LogP contribution in [0.2, 0.25) is 0 Å². The molecule has 2 heteroatoms. The van der Waals surface area contributed by atoms with Crippen molar-refractivity contribution < 1.29 is 5.11 Å². The predicted octanol–water partition coefficient (Wildman–Crippen LogP) is 4.09. The van der Waals surface area contributed by atoms with E-state index in [2.05, 4.69) is 31.5 Å². The Kier molecular flexibility index (Phi) is 5.00. The maximum absolute atomic E-state index is 9.19. The fourth-order valence-corrected chi connectivity index (χ4v) is 1.65. The molecule has 0 spiro atoms. The van der Waals surface area contributed by atoms with E-state index in [0.717, 1.165) is 11.3 Å². The molecule has 1 aromatic carbocycles. The molecule has 2 nitrogen and oxygen atoms in total. The fourth-order valence-electron chi connectivity index (χ4n) is 1.65. The number of allylic oxidation sites excluding steroid dienone is 3. The van der Waals surface area contributed by atoms with E-state index in [1.165, 1.54) is 11.6 Å². The Morgan fingerprint density at radius 2 is 2.00 bits per heavy atom. The molecular weight excluding hydrogens is 222 g/mol. The molecule has 94 valence electrons. The number of aliphatic hydroxyl groups excluding tert-OH is 1. The van der Waals surface area contributed by atoms with Crippen LogP contribution in [0.4, 0.5) is 0 Å². The molecule has 18 heavy (non-hydrogen) atoms. The van der Waals surface area contributed by atoms with Crippen LogP contribution in [0, 0.1) is 6.92 Å². The number of hydrogen-bond acceptors (Lipinski definition) is 2. The normalized spacial score (nSPS) is 12.1. The maximum Gasteiger partial charge on any atom is 0.110 e. The molecular formula is C16H19NO. The second kappa shape index (κ2) is 6.50. The van der Waals surface area contributed by atoms with Crippen LogP contribution in [0.5, 0.6) is 0 Å². The first-order chi connectivity index (χ1) is 8.58. The Hall–Kier alpha value is -2.22. The van der Waals surface area contributed by atoms with E-state index in [1.54, 1.807) is 6.08 Å². The van der Waals surface area contributed by atoms with E-state index in [9.17, 15) is 5.11 Å². The van der Waals surface area contributed by atoms with Gasteiger partial charge in [-0.1, -0.05) is 43.5 Å². The van der Waals surface area contributed by atoms with Crippen LogP contribution in [-0.2, 0) is 0 Å². The third-order valence-corrected chi connectivity index (χ3v) is 2.54. The zero-order valence-corrected chi connectivity index (χ0v) is 10.9. The summed E-state index contributed by atoms with van der Waals surface area (Å²) >= 11 is 0. The van der Waals surface area contributed by atoms with Crippen molar-refractivity contribution in [2.45, 2.75) is 13.8 Å². The lowest BCUT2D eigenvalue weighted by Gasteiger charge is -2.14. The molecule has 0 aliphatic rings. The minimum Gasteiger partial charge on any atom is -0.509 e. The SMILES string of the molecule is C=C/C(=C\C(=C)O)N/C(=C/C)c1ccccc1C.